The zero-order valence-electron chi connectivity index (χ0n) is 15.0. The second-order valence-corrected chi connectivity index (χ2v) is 6.64. The van der Waals surface area contributed by atoms with E-state index in [1.54, 1.807) is 16.8 Å². The molecule has 0 fully saturated rings. The minimum Gasteiger partial charge on any atom is -0.480 e. The van der Waals surface area contributed by atoms with E-state index < -0.39 is 18.4 Å². The molecule has 148 valence electrons. The number of nitrogens with zero attached hydrogens (tertiary/aromatic N) is 4. The van der Waals surface area contributed by atoms with Crippen molar-refractivity contribution in [3.63, 3.8) is 0 Å². The summed E-state index contributed by atoms with van der Waals surface area (Å²) in [6.45, 7) is -0.461. The molecule has 2 amide bonds. The molecule has 0 saturated heterocycles. The Balaban J connectivity index is 1.53. The van der Waals surface area contributed by atoms with Gasteiger partial charge in [0.15, 0.2) is 0 Å². The van der Waals surface area contributed by atoms with Gasteiger partial charge in [0.05, 0.1) is 11.4 Å². The maximum absolute atomic E-state index is 12.2. The summed E-state index contributed by atoms with van der Waals surface area (Å²) < 4.78 is 1.54. The molecule has 1 aromatic heterocycles. The summed E-state index contributed by atoms with van der Waals surface area (Å²) in [6, 6.07) is 15.4. The predicted octanol–water partition coefficient (Wildman–Crippen LogP) is 1.21. The lowest BCUT2D eigenvalue weighted by molar-refractivity contribution is -0.135. The number of anilines is 1. The lowest BCUT2D eigenvalue weighted by Gasteiger charge is -2.07. The van der Waals surface area contributed by atoms with Crippen LogP contribution in [0.5, 0.6) is 0 Å². The van der Waals surface area contributed by atoms with Crippen LogP contribution in [0.25, 0.3) is 5.69 Å². The van der Waals surface area contributed by atoms with Crippen LogP contribution >= 0.6 is 11.8 Å². The van der Waals surface area contributed by atoms with Gasteiger partial charge >= 0.3 is 5.97 Å². The predicted molar refractivity (Wildman–Crippen MR) is 105 cm³/mol. The van der Waals surface area contributed by atoms with Crippen LogP contribution in [0.3, 0.4) is 0 Å². The Labute approximate surface area is 169 Å². The molecule has 10 nitrogen and oxygen atoms in total. The molecule has 11 heteroatoms. The fourth-order valence-electron chi connectivity index (χ4n) is 2.29. The maximum atomic E-state index is 12.2. The number of para-hydroxylation sites is 1. The third-order valence-corrected chi connectivity index (χ3v) is 4.52. The second kappa shape index (κ2) is 9.46. The van der Waals surface area contributed by atoms with Crippen LogP contribution in [0.15, 0.2) is 59.8 Å². The van der Waals surface area contributed by atoms with Crippen molar-refractivity contribution < 1.29 is 19.5 Å². The quantitative estimate of drug-likeness (QED) is 0.469. The number of carbonyl (C=O) groups is 3. The minimum absolute atomic E-state index is 0.0913. The van der Waals surface area contributed by atoms with Crippen molar-refractivity contribution in [2.75, 3.05) is 17.6 Å². The molecular formula is C18H16N6O4S. The number of benzene rings is 2. The molecule has 0 saturated carbocycles. The number of aliphatic carboxylic acids is 1. The summed E-state index contributed by atoms with van der Waals surface area (Å²) in [5.41, 5.74) is 1.59. The van der Waals surface area contributed by atoms with Gasteiger partial charge in [0.1, 0.15) is 6.54 Å². The summed E-state index contributed by atoms with van der Waals surface area (Å²) in [6.07, 6.45) is 0. The Morgan fingerprint density at radius 2 is 1.76 bits per heavy atom. The first kappa shape index (κ1) is 20.0. The first-order valence-corrected chi connectivity index (χ1v) is 9.38. The van der Waals surface area contributed by atoms with Crippen molar-refractivity contribution in [3.8, 4) is 5.69 Å². The number of thioether (sulfide) groups is 1. The van der Waals surface area contributed by atoms with Crippen molar-refractivity contribution in [1.82, 2.24) is 25.5 Å². The van der Waals surface area contributed by atoms with Gasteiger partial charge in [0.25, 0.3) is 5.91 Å². The van der Waals surface area contributed by atoms with Crippen molar-refractivity contribution in [1.29, 1.82) is 0 Å². The standard InChI is InChI=1S/C18H16N6O4S/c25-15(11-29-18-21-22-23-24(18)14-4-2-1-3-5-14)20-13-8-6-12(7-9-13)17(28)19-10-16(26)27/h1-9H,10-11H2,(H,19,28)(H,20,25)(H,26,27). The van der Waals surface area contributed by atoms with E-state index in [1.807, 2.05) is 30.3 Å². The van der Waals surface area contributed by atoms with Gasteiger partial charge in [-0.2, -0.15) is 4.68 Å². The van der Waals surface area contributed by atoms with E-state index in [1.165, 1.54) is 23.9 Å². The third-order valence-electron chi connectivity index (χ3n) is 3.61. The molecule has 3 aromatic rings. The molecule has 0 radical (unpaired) electrons. The van der Waals surface area contributed by atoms with E-state index in [4.69, 9.17) is 5.11 Å². The molecule has 0 unspecified atom stereocenters. The Hall–Kier alpha value is -3.73. The molecule has 0 aliphatic carbocycles. The van der Waals surface area contributed by atoms with Gasteiger partial charge in [-0.3, -0.25) is 14.4 Å². The molecule has 29 heavy (non-hydrogen) atoms. The molecule has 0 bridgehead atoms. The summed E-state index contributed by atoms with van der Waals surface area (Å²) in [5.74, 6) is -1.80. The van der Waals surface area contributed by atoms with Crippen molar-refractivity contribution in [2.45, 2.75) is 5.16 Å². The molecule has 3 rings (SSSR count). The van der Waals surface area contributed by atoms with Gasteiger partial charge in [-0.15, -0.1) is 5.10 Å². The second-order valence-electron chi connectivity index (χ2n) is 5.70. The van der Waals surface area contributed by atoms with Crippen LogP contribution in [0.2, 0.25) is 0 Å². The average Bonchev–Trinajstić information content (AvgIpc) is 3.20. The summed E-state index contributed by atoms with van der Waals surface area (Å²) in [7, 11) is 0. The lowest BCUT2D eigenvalue weighted by atomic mass is 10.2. The SMILES string of the molecule is O=C(O)CNC(=O)c1ccc(NC(=O)CSc2nnnn2-c2ccccc2)cc1. The van der Waals surface area contributed by atoms with Gasteiger partial charge in [-0.05, 0) is 46.8 Å². The first-order chi connectivity index (χ1) is 14.0. The fourth-order valence-corrected chi connectivity index (χ4v) is 2.98. The van der Waals surface area contributed by atoms with Crippen LogP contribution in [-0.2, 0) is 9.59 Å². The number of nitrogens with one attached hydrogen (secondary N) is 2. The summed E-state index contributed by atoms with van der Waals surface area (Å²) in [5, 5.41) is 25.5. The van der Waals surface area contributed by atoms with E-state index in [0.717, 1.165) is 5.69 Å². The first-order valence-electron chi connectivity index (χ1n) is 8.39. The molecule has 0 aliphatic rings. The topological polar surface area (TPSA) is 139 Å². The molecule has 1 heterocycles. The van der Waals surface area contributed by atoms with E-state index in [2.05, 4.69) is 26.2 Å². The highest BCUT2D eigenvalue weighted by Crippen LogP contribution is 2.18. The molecule has 3 N–H and O–H groups in total. The van der Waals surface area contributed by atoms with Gasteiger partial charge < -0.3 is 15.7 Å². The number of carboxylic acid groups (broad SMARTS) is 1. The van der Waals surface area contributed by atoms with E-state index in [0.29, 0.717) is 16.4 Å². The highest BCUT2D eigenvalue weighted by molar-refractivity contribution is 7.99. The summed E-state index contributed by atoms with van der Waals surface area (Å²) in [4.78, 5) is 34.5. The zero-order valence-corrected chi connectivity index (χ0v) is 15.8. The Kier molecular flexibility index (Phi) is 6.53. The van der Waals surface area contributed by atoms with Crippen LogP contribution in [0.4, 0.5) is 5.69 Å². The van der Waals surface area contributed by atoms with Crippen LogP contribution in [-0.4, -0.2) is 55.4 Å². The lowest BCUT2D eigenvalue weighted by Crippen LogP contribution is -2.29. The zero-order chi connectivity index (χ0) is 20.6. The number of tetrazole rings is 1. The van der Waals surface area contributed by atoms with Gasteiger partial charge in [-0.25, -0.2) is 0 Å². The highest BCUT2D eigenvalue weighted by Gasteiger charge is 2.12. The number of rotatable bonds is 8. The maximum Gasteiger partial charge on any atom is 0.322 e. The van der Waals surface area contributed by atoms with Crippen LogP contribution in [0.1, 0.15) is 10.4 Å². The Bertz CT molecular complexity index is 1010. The molecule has 0 spiro atoms. The Morgan fingerprint density at radius 1 is 1.03 bits per heavy atom. The number of amides is 2. The van der Waals surface area contributed by atoms with Gasteiger partial charge in [-0.1, -0.05) is 30.0 Å². The van der Waals surface area contributed by atoms with E-state index in [-0.39, 0.29) is 11.7 Å². The van der Waals surface area contributed by atoms with Crippen LogP contribution in [0, 0.1) is 0 Å². The fraction of sp³-hybridized carbons (Fsp3) is 0.111. The molecular weight excluding hydrogens is 396 g/mol. The number of carboxylic acids is 1. The van der Waals surface area contributed by atoms with Gasteiger partial charge in [0, 0.05) is 11.3 Å². The molecule has 2 aromatic carbocycles. The van der Waals surface area contributed by atoms with Crippen molar-refractivity contribution in [3.05, 3.63) is 60.2 Å². The van der Waals surface area contributed by atoms with Crippen molar-refractivity contribution >= 4 is 35.2 Å². The molecule has 0 aliphatic heterocycles. The number of carbonyl (C=O) groups excluding carboxylic acids is 2. The summed E-state index contributed by atoms with van der Waals surface area (Å²) >= 11 is 1.19. The molecule has 0 atom stereocenters. The van der Waals surface area contributed by atoms with E-state index >= 15 is 0 Å². The van der Waals surface area contributed by atoms with Crippen molar-refractivity contribution in [2.24, 2.45) is 0 Å². The number of hydrogen-bond donors (Lipinski definition) is 3. The number of aromatic nitrogens is 4. The Morgan fingerprint density at radius 3 is 2.45 bits per heavy atom. The minimum atomic E-state index is -1.13. The largest absolute Gasteiger partial charge is 0.480 e. The van der Waals surface area contributed by atoms with Gasteiger partial charge in [0.2, 0.25) is 11.1 Å². The normalized spacial score (nSPS) is 10.3. The highest BCUT2D eigenvalue weighted by atomic mass is 32.2. The smallest absolute Gasteiger partial charge is 0.322 e. The average molecular weight is 412 g/mol. The van der Waals surface area contributed by atoms with E-state index in [9.17, 15) is 14.4 Å². The monoisotopic (exact) mass is 412 g/mol. The number of hydrogen-bond acceptors (Lipinski definition) is 7. The van der Waals surface area contributed by atoms with Crippen LogP contribution < -0.4 is 10.6 Å². The third kappa shape index (κ3) is 5.62.